The Bertz CT molecular complexity index is 352. The smallest absolute Gasteiger partial charge is 0.122 e. The summed E-state index contributed by atoms with van der Waals surface area (Å²) in [5, 5.41) is 3.50. The van der Waals surface area contributed by atoms with Gasteiger partial charge in [-0.25, -0.2) is 0 Å². The standard InChI is InChI=1S/C15H25NO/c1-12-8-9-14(17-5)13(11-12)7-6-10-16-15(2,3)4/h8-9,11,16H,6-7,10H2,1-5H3. The molecule has 0 aliphatic rings. The second-order valence-electron chi connectivity index (χ2n) is 5.60. The summed E-state index contributed by atoms with van der Waals surface area (Å²) in [6.07, 6.45) is 2.20. The first-order valence-electron chi connectivity index (χ1n) is 6.31. The number of benzene rings is 1. The van der Waals surface area contributed by atoms with Crippen LogP contribution in [0.5, 0.6) is 5.75 Å². The maximum absolute atomic E-state index is 5.38. The summed E-state index contributed by atoms with van der Waals surface area (Å²) in [6.45, 7) is 9.75. The van der Waals surface area contributed by atoms with Crippen molar-refractivity contribution in [2.75, 3.05) is 13.7 Å². The Balaban J connectivity index is 2.48. The zero-order valence-corrected chi connectivity index (χ0v) is 11.8. The molecule has 0 aliphatic carbocycles. The Kier molecular flexibility index (Phi) is 5.01. The third-order valence-electron chi connectivity index (χ3n) is 2.71. The van der Waals surface area contributed by atoms with Gasteiger partial charge in [-0.3, -0.25) is 0 Å². The number of ether oxygens (including phenoxy) is 1. The molecule has 0 spiro atoms. The van der Waals surface area contributed by atoms with Gasteiger partial charge >= 0.3 is 0 Å². The third-order valence-corrected chi connectivity index (χ3v) is 2.71. The van der Waals surface area contributed by atoms with Crippen LogP contribution in [-0.2, 0) is 6.42 Å². The summed E-state index contributed by atoms with van der Waals surface area (Å²) in [6, 6.07) is 6.37. The maximum atomic E-state index is 5.38. The van der Waals surface area contributed by atoms with E-state index in [-0.39, 0.29) is 5.54 Å². The van der Waals surface area contributed by atoms with E-state index in [0.717, 1.165) is 25.1 Å². The van der Waals surface area contributed by atoms with Crippen molar-refractivity contribution in [1.29, 1.82) is 0 Å². The highest BCUT2D eigenvalue weighted by Crippen LogP contribution is 2.20. The minimum atomic E-state index is 0.205. The van der Waals surface area contributed by atoms with E-state index in [1.165, 1.54) is 11.1 Å². The molecule has 0 aliphatic heterocycles. The van der Waals surface area contributed by atoms with Crippen LogP contribution in [0.3, 0.4) is 0 Å². The predicted octanol–water partition coefficient (Wildman–Crippen LogP) is 3.32. The molecule has 0 radical (unpaired) electrons. The normalized spacial score (nSPS) is 11.6. The summed E-state index contributed by atoms with van der Waals surface area (Å²) in [5.74, 6) is 1.01. The van der Waals surface area contributed by atoms with Gasteiger partial charge in [-0.2, -0.15) is 0 Å². The molecule has 1 rings (SSSR count). The highest BCUT2D eigenvalue weighted by Gasteiger charge is 2.08. The van der Waals surface area contributed by atoms with Crippen molar-refractivity contribution >= 4 is 0 Å². The molecule has 0 amide bonds. The Labute approximate surface area is 105 Å². The molecule has 17 heavy (non-hydrogen) atoms. The molecule has 0 saturated heterocycles. The van der Waals surface area contributed by atoms with Gasteiger partial charge in [-0.1, -0.05) is 17.7 Å². The third kappa shape index (κ3) is 5.22. The van der Waals surface area contributed by atoms with E-state index in [4.69, 9.17) is 4.74 Å². The van der Waals surface area contributed by atoms with Crippen LogP contribution in [0.15, 0.2) is 18.2 Å². The molecular weight excluding hydrogens is 210 g/mol. The number of hydrogen-bond donors (Lipinski definition) is 1. The van der Waals surface area contributed by atoms with Gasteiger partial charge < -0.3 is 10.1 Å². The second kappa shape index (κ2) is 6.06. The van der Waals surface area contributed by atoms with Crippen LogP contribution in [-0.4, -0.2) is 19.2 Å². The molecule has 0 fully saturated rings. The first kappa shape index (κ1) is 14.0. The topological polar surface area (TPSA) is 21.3 Å². The SMILES string of the molecule is COc1ccc(C)cc1CCCNC(C)(C)C. The first-order chi connectivity index (χ1) is 7.92. The summed E-state index contributed by atoms with van der Waals surface area (Å²) >= 11 is 0. The van der Waals surface area contributed by atoms with Crippen LogP contribution in [0.1, 0.15) is 38.3 Å². The van der Waals surface area contributed by atoms with Crippen molar-refractivity contribution in [3.8, 4) is 5.75 Å². The largest absolute Gasteiger partial charge is 0.496 e. The van der Waals surface area contributed by atoms with Crippen LogP contribution in [0.2, 0.25) is 0 Å². The van der Waals surface area contributed by atoms with Crippen LogP contribution >= 0.6 is 0 Å². The van der Waals surface area contributed by atoms with Crippen molar-refractivity contribution in [3.05, 3.63) is 29.3 Å². The second-order valence-corrected chi connectivity index (χ2v) is 5.60. The summed E-state index contributed by atoms with van der Waals surface area (Å²) in [4.78, 5) is 0. The molecule has 2 nitrogen and oxygen atoms in total. The van der Waals surface area contributed by atoms with E-state index >= 15 is 0 Å². The zero-order valence-electron chi connectivity index (χ0n) is 11.8. The molecule has 1 aromatic rings. The fourth-order valence-corrected chi connectivity index (χ4v) is 1.84. The summed E-state index contributed by atoms with van der Waals surface area (Å²) in [7, 11) is 1.74. The van der Waals surface area contributed by atoms with E-state index in [1.807, 2.05) is 0 Å². The minimum Gasteiger partial charge on any atom is -0.496 e. The van der Waals surface area contributed by atoms with Crippen LogP contribution in [0, 0.1) is 6.92 Å². The molecule has 0 heterocycles. The minimum absolute atomic E-state index is 0.205. The first-order valence-corrected chi connectivity index (χ1v) is 6.31. The Morgan fingerprint density at radius 2 is 1.94 bits per heavy atom. The van der Waals surface area contributed by atoms with Gasteiger partial charge in [-0.05, 0) is 58.7 Å². The fourth-order valence-electron chi connectivity index (χ4n) is 1.84. The zero-order chi connectivity index (χ0) is 12.9. The van der Waals surface area contributed by atoms with E-state index < -0.39 is 0 Å². The van der Waals surface area contributed by atoms with Gasteiger partial charge in [0.2, 0.25) is 0 Å². The van der Waals surface area contributed by atoms with Gasteiger partial charge in [0.25, 0.3) is 0 Å². The fraction of sp³-hybridized carbons (Fsp3) is 0.600. The van der Waals surface area contributed by atoms with Crippen LogP contribution in [0.25, 0.3) is 0 Å². The molecule has 0 aromatic heterocycles. The number of aryl methyl sites for hydroxylation is 2. The van der Waals surface area contributed by atoms with E-state index in [9.17, 15) is 0 Å². The van der Waals surface area contributed by atoms with Crippen molar-refractivity contribution in [3.63, 3.8) is 0 Å². The lowest BCUT2D eigenvalue weighted by atomic mass is 10.0. The number of methoxy groups -OCH3 is 1. The molecule has 96 valence electrons. The monoisotopic (exact) mass is 235 g/mol. The molecule has 0 unspecified atom stereocenters. The number of rotatable bonds is 5. The van der Waals surface area contributed by atoms with E-state index in [2.05, 4.69) is 51.2 Å². The highest BCUT2D eigenvalue weighted by atomic mass is 16.5. The lowest BCUT2D eigenvalue weighted by Gasteiger charge is -2.20. The van der Waals surface area contributed by atoms with Crippen LogP contribution in [0.4, 0.5) is 0 Å². The number of nitrogens with one attached hydrogen (secondary N) is 1. The molecule has 0 atom stereocenters. The Morgan fingerprint density at radius 3 is 2.53 bits per heavy atom. The van der Waals surface area contributed by atoms with E-state index in [1.54, 1.807) is 7.11 Å². The van der Waals surface area contributed by atoms with Gasteiger partial charge in [0.05, 0.1) is 7.11 Å². The van der Waals surface area contributed by atoms with Crippen molar-refractivity contribution in [1.82, 2.24) is 5.32 Å². The summed E-state index contributed by atoms with van der Waals surface area (Å²) in [5.41, 5.74) is 2.81. The van der Waals surface area contributed by atoms with Crippen molar-refractivity contribution < 1.29 is 4.74 Å². The van der Waals surface area contributed by atoms with E-state index in [0.29, 0.717) is 0 Å². The van der Waals surface area contributed by atoms with Crippen molar-refractivity contribution in [2.24, 2.45) is 0 Å². The molecule has 2 heteroatoms. The van der Waals surface area contributed by atoms with Gasteiger partial charge in [0.1, 0.15) is 5.75 Å². The maximum Gasteiger partial charge on any atom is 0.122 e. The van der Waals surface area contributed by atoms with Crippen molar-refractivity contribution in [2.45, 2.75) is 46.1 Å². The van der Waals surface area contributed by atoms with Crippen LogP contribution < -0.4 is 10.1 Å². The average Bonchev–Trinajstić information content (AvgIpc) is 2.23. The Hall–Kier alpha value is -1.02. The average molecular weight is 235 g/mol. The molecule has 1 N–H and O–H groups in total. The van der Waals surface area contributed by atoms with Gasteiger partial charge in [0.15, 0.2) is 0 Å². The molecular formula is C15H25NO. The quantitative estimate of drug-likeness (QED) is 0.790. The predicted molar refractivity (Wildman–Crippen MR) is 73.8 cm³/mol. The van der Waals surface area contributed by atoms with Gasteiger partial charge in [0, 0.05) is 5.54 Å². The molecule has 0 saturated carbocycles. The molecule has 0 bridgehead atoms. The lowest BCUT2D eigenvalue weighted by Crippen LogP contribution is -2.36. The molecule has 1 aromatic carbocycles. The Morgan fingerprint density at radius 1 is 1.24 bits per heavy atom. The number of hydrogen-bond acceptors (Lipinski definition) is 2. The lowest BCUT2D eigenvalue weighted by molar-refractivity contribution is 0.404. The summed E-state index contributed by atoms with van der Waals surface area (Å²) < 4.78 is 5.38. The highest BCUT2D eigenvalue weighted by molar-refractivity contribution is 5.36. The van der Waals surface area contributed by atoms with Gasteiger partial charge in [-0.15, -0.1) is 0 Å².